The van der Waals surface area contributed by atoms with Crippen LogP contribution in [0, 0.1) is 28.6 Å². The maximum absolute atomic E-state index is 13.4. The summed E-state index contributed by atoms with van der Waals surface area (Å²) in [6.07, 6.45) is 4.90. The van der Waals surface area contributed by atoms with Gasteiger partial charge in [0.2, 0.25) is 0 Å². The van der Waals surface area contributed by atoms with E-state index in [2.05, 4.69) is 11.1 Å². The van der Waals surface area contributed by atoms with Gasteiger partial charge in [-0.1, -0.05) is 19.4 Å². The first kappa shape index (κ1) is 21.8. The van der Waals surface area contributed by atoms with Crippen molar-refractivity contribution in [2.24, 2.45) is 28.6 Å². The standard InChI is InChI=1S/C21H28O8S/c1-19-7-5-13(22)9-12(19)3-4-14-15-6-8-21(25,17(24)11-29-30(26,27)28)20(15,2)10-16(23)18(14)19/h9,14-15,18,25H,3-8,10-11H2,1-2H3,(H,26,27,28)/t14-,15?,18+,19+,20+,21+/m1/s1. The first-order chi connectivity index (χ1) is 13.8. The van der Waals surface area contributed by atoms with E-state index in [0.717, 1.165) is 18.4 Å². The van der Waals surface area contributed by atoms with Crippen molar-refractivity contribution >= 4 is 27.7 Å². The molecule has 0 amide bonds. The fraction of sp³-hybridized carbons (Fsp3) is 0.762. The summed E-state index contributed by atoms with van der Waals surface area (Å²) >= 11 is 0. The molecule has 4 rings (SSSR count). The molecule has 0 aromatic heterocycles. The Morgan fingerprint density at radius 3 is 2.57 bits per heavy atom. The zero-order valence-electron chi connectivity index (χ0n) is 17.2. The highest BCUT2D eigenvalue weighted by atomic mass is 32.3. The number of hydrogen-bond donors (Lipinski definition) is 2. The number of allylic oxidation sites excluding steroid dienone is 1. The predicted octanol–water partition coefficient (Wildman–Crippen LogP) is 1.82. The highest BCUT2D eigenvalue weighted by Crippen LogP contribution is 2.66. The third kappa shape index (κ3) is 3.04. The predicted molar refractivity (Wildman–Crippen MR) is 105 cm³/mol. The molecule has 0 saturated heterocycles. The Balaban J connectivity index is 1.66. The number of hydrogen-bond acceptors (Lipinski definition) is 7. The molecule has 9 heteroatoms. The molecule has 0 aliphatic heterocycles. The van der Waals surface area contributed by atoms with Crippen LogP contribution in [0.1, 0.15) is 58.8 Å². The van der Waals surface area contributed by atoms with Crippen molar-refractivity contribution in [2.75, 3.05) is 6.61 Å². The smallest absolute Gasteiger partial charge is 0.381 e. The summed E-state index contributed by atoms with van der Waals surface area (Å²) in [5, 5.41) is 11.3. The SMILES string of the molecule is C[C@]12CCC(=O)C=C1CC[C@@H]1C3CC[C@](O)(C(=O)COS(=O)(=O)O)[C@@]3(C)CC(=O)[C@H]12. The second kappa shape index (κ2) is 6.79. The molecular formula is C21H28O8S. The zero-order valence-corrected chi connectivity index (χ0v) is 18.0. The van der Waals surface area contributed by atoms with Crippen LogP contribution in [0.15, 0.2) is 11.6 Å². The van der Waals surface area contributed by atoms with Crippen LogP contribution >= 0.6 is 0 Å². The van der Waals surface area contributed by atoms with Gasteiger partial charge in [0.05, 0.1) is 0 Å². The summed E-state index contributed by atoms with van der Waals surface area (Å²) in [6, 6.07) is 0. The van der Waals surface area contributed by atoms with Crippen molar-refractivity contribution in [3.8, 4) is 0 Å². The van der Waals surface area contributed by atoms with Gasteiger partial charge in [-0.05, 0) is 55.4 Å². The van der Waals surface area contributed by atoms with Crippen LogP contribution in [-0.4, -0.2) is 47.6 Å². The second-order valence-corrected chi connectivity index (χ2v) is 11.0. The van der Waals surface area contributed by atoms with E-state index in [9.17, 15) is 27.9 Å². The van der Waals surface area contributed by atoms with Gasteiger partial charge < -0.3 is 5.11 Å². The number of rotatable bonds is 4. The molecule has 3 fully saturated rings. The molecule has 8 nitrogen and oxygen atoms in total. The summed E-state index contributed by atoms with van der Waals surface area (Å²) in [7, 11) is -4.81. The minimum absolute atomic E-state index is 0.00378. The molecular weight excluding hydrogens is 412 g/mol. The molecule has 0 bridgehead atoms. The maximum Gasteiger partial charge on any atom is 0.397 e. The Bertz CT molecular complexity index is 952. The number of fused-ring (bicyclic) bond motifs is 5. The summed E-state index contributed by atoms with van der Waals surface area (Å²) in [6.45, 7) is 2.84. The van der Waals surface area contributed by atoms with Crippen molar-refractivity contribution in [1.29, 1.82) is 0 Å². The van der Waals surface area contributed by atoms with Gasteiger partial charge in [0.25, 0.3) is 0 Å². The highest BCUT2D eigenvalue weighted by molar-refractivity contribution is 7.80. The van der Waals surface area contributed by atoms with Gasteiger partial charge in [-0.3, -0.25) is 18.9 Å². The van der Waals surface area contributed by atoms with Crippen molar-refractivity contribution in [2.45, 2.75) is 64.4 Å². The molecule has 1 unspecified atom stereocenters. The van der Waals surface area contributed by atoms with Gasteiger partial charge in [-0.15, -0.1) is 0 Å². The molecule has 0 aromatic rings. The van der Waals surface area contributed by atoms with Crippen LogP contribution in [0.5, 0.6) is 0 Å². The molecule has 4 aliphatic carbocycles. The normalized spacial score (nSPS) is 43.5. The summed E-state index contributed by atoms with van der Waals surface area (Å²) < 4.78 is 34.7. The molecule has 0 radical (unpaired) electrons. The average Bonchev–Trinajstić information content (AvgIpc) is 2.91. The highest BCUT2D eigenvalue weighted by Gasteiger charge is 2.68. The number of ketones is 3. The summed E-state index contributed by atoms with van der Waals surface area (Å²) in [4.78, 5) is 38.1. The molecule has 0 heterocycles. The third-order valence-electron chi connectivity index (χ3n) is 8.61. The monoisotopic (exact) mass is 440 g/mol. The zero-order chi connectivity index (χ0) is 22.1. The molecule has 3 saturated carbocycles. The lowest BCUT2D eigenvalue weighted by Crippen LogP contribution is -2.61. The Morgan fingerprint density at radius 2 is 1.90 bits per heavy atom. The fourth-order valence-electron chi connectivity index (χ4n) is 7.09. The maximum atomic E-state index is 13.4. The molecule has 166 valence electrons. The van der Waals surface area contributed by atoms with Gasteiger partial charge in [0.1, 0.15) is 18.0 Å². The topological polar surface area (TPSA) is 135 Å². The minimum Gasteiger partial charge on any atom is -0.381 e. The molecule has 0 spiro atoms. The van der Waals surface area contributed by atoms with Gasteiger partial charge >= 0.3 is 10.4 Å². The van der Waals surface area contributed by atoms with Crippen LogP contribution in [-0.2, 0) is 29.0 Å². The van der Waals surface area contributed by atoms with Crippen molar-refractivity contribution in [3.05, 3.63) is 11.6 Å². The van der Waals surface area contributed by atoms with Crippen LogP contribution in [0.4, 0.5) is 0 Å². The Morgan fingerprint density at radius 1 is 1.20 bits per heavy atom. The average molecular weight is 441 g/mol. The van der Waals surface area contributed by atoms with Gasteiger partial charge in [-0.2, -0.15) is 8.42 Å². The van der Waals surface area contributed by atoms with Gasteiger partial charge in [0.15, 0.2) is 11.6 Å². The van der Waals surface area contributed by atoms with E-state index in [1.807, 2.05) is 0 Å². The quantitative estimate of drug-likeness (QED) is 0.632. The lowest BCUT2D eigenvalue weighted by atomic mass is 9.46. The lowest BCUT2D eigenvalue weighted by Gasteiger charge is -2.57. The van der Waals surface area contributed by atoms with E-state index in [0.29, 0.717) is 19.3 Å². The van der Waals surface area contributed by atoms with Crippen LogP contribution in [0.2, 0.25) is 0 Å². The first-order valence-corrected chi connectivity index (χ1v) is 11.8. The number of carbonyl (C=O) groups is 3. The van der Waals surface area contributed by atoms with Gasteiger partial charge in [0, 0.05) is 24.2 Å². The number of Topliss-reactive ketones (excluding diaryl/α,β-unsaturated/α-hetero) is 2. The molecule has 0 aromatic carbocycles. The Hall–Kier alpha value is -1.42. The first-order valence-electron chi connectivity index (χ1n) is 10.5. The van der Waals surface area contributed by atoms with Crippen molar-refractivity contribution in [1.82, 2.24) is 0 Å². The Labute approximate surface area is 176 Å². The van der Waals surface area contributed by atoms with E-state index >= 15 is 0 Å². The van der Waals surface area contributed by atoms with Crippen molar-refractivity contribution < 1.29 is 36.6 Å². The van der Waals surface area contributed by atoms with Crippen LogP contribution < -0.4 is 0 Å². The molecule has 4 aliphatic rings. The van der Waals surface area contributed by atoms with Crippen molar-refractivity contribution in [3.63, 3.8) is 0 Å². The van der Waals surface area contributed by atoms with E-state index in [4.69, 9.17) is 4.55 Å². The summed E-state index contributed by atoms with van der Waals surface area (Å²) in [5.74, 6) is -1.05. The van der Waals surface area contributed by atoms with Crippen LogP contribution in [0.25, 0.3) is 0 Å². The van der Waals surface area contributed by atoms with E-state index in [-0.39, 0.29) is 47.6 Å². The van der Waals surface area contributed by atoms with E-state index in [1.165, 1.54) is 0 Å². The molecule has 6 atom stereocenters. The fourth-order valence-corrected chi connectivity index (χ4v) is 7.35. The Kier molecular flexibility index (Phi) is 4.93. The summed E-state index contributed by atoms with van der Waals surface area (Å²) in [5.41, 5.74) is -2.23. The third-order valence-corrected chi connectivity index (χ3v) is 9.02. The van der Waals surface area contributed by atoms with Crippen LogP contribution in [0.3, 0.4) is 0 Å². The largest absolute Gasteiger partial charge is 0.397 e. The van der Waals surface area contributed by atoms with Gasteiger partial charge in [-0.25, -0.2) is 4.18 Å². The van der Waals surface area contributed by atoms with E-state index < -0.39 is 33.8 Å². The minimum atomic E-state index is -4.81. The lowest BCUT2D eigenvalue weighted by molar-refractivity contribution is -0.170. The second-order valence-electron chi connectivity index (χ2n) is 9.91. The number of carbonyl (C=O) groups excluding carboxylic acids is 3. The van der Waals surface area contributed by atoms with E-state index in [1.54, 1.807) is 13.0 Å². The molecule has 30 heavy (non-hydrogen) atoms. The number of aliphatic hydroxyl groups is 1. The molecule has 2 N–H and O–H groups in total.